The van der Waals surface area contributed by atoms with E-state index in [1.165, 1.54) is 0 Å². The topological polar surface area (TPSA) is 49.6 Å². The molecular weight excluding hydrogens is 306 g/mol. The van der Waals surface area contributed by atoms with Crippen molar-refractivity contribution in [2.75, 3.05) is 26.2 Å². The molecule has 1 aromatic rings. The molecular formula is C15H20ClN3OS. The number of amides is 1. The van der Waals surface area contributed by atoms with Crippen LogP contribution in [0.2, 0.25) is 5.02 Å². The van der Waals surface area contributed by atoms with Crippen molar-refractivity contribution in [1.82, 2.24) is 9.80 Å². The number of hydrogen-bond donors (Lipinski definition) is 1. The Hall–Kier alpha value is -1.17. The molecule has 6 heteroatoms. The molecule has 1 aliphatic rings. The zero-order chi connectivity index (χ0) is 15.6. The van der Waals surface area contributed by atoms with E-state index in [0.29, 0.717) is 28.7 Å². The van der Waals surface area contributed by atoms with Crippen LogP contribution in [-0.2, 0) is 0 Å². The van der Waals surface area contributed by atoms with E-state index < -0.39 is 0 Å². The molecule has 2 rings (SSSR count). The van der Waals surface area contributed by atoms with Crippen LogP contribution in [-0.4, -0.2) is 52.9 Å². The number of thiocarbonyl (C=S) groups is 1. The molecule has 2 N–H and O–H groups in total. The number of nitrogens with two attached hydrogens (primary N) is 1. The Bertz CT molecular complexity index is 556. The molecule has 0 spiro atoms. The smallest absolute Gasteiger partial charge is 0.255 e. The van der Waals surface area contributed by atoms with Crippen LogP contribution in [0.4, 0.5) is 0 Å². The first-order chi connectivity index (χ1) is 9.90. The molecule has 0 aromatic heterocycles. The standard InChI is InChI=1S/C15H20ClN3OS/c1-10-3-4-12(13(16)9-10)15(20)19-7-5-18(6-8-19)11(2)14(17)21/h3-4,9,11H,5-8H2,1-2H3,(H2,17,21). The second-order valence-corrected chi connectivity index (χ2v) is 6.27. The quantitative estimate of drug-likeness (QED) is 0.864. The number of aryl methyl sites for hydroxylation is 1. The zero-order valence-electron chi connectivity index (χ0n) is 12.3. The zero-order valence-corrected chi connectivity index (χ0v) is 13.9. The second kappa shape index (κ2) is 6.73. The van der Waals surface area contributed by atoms with Crippen LogP contribution < -0.4 is 5.73 Å². The van der Waals surface area contributed by atoms with Crippen molar-refractivity contribution in [2.45, 2.75) is 19.9 Å². The van der Waals surface area contributed by atoms with Crippen molar-refractivity contribution in [3.63, 3.8) is 0 Å². The van der Waals surface area contributed by atoms with E-state index in [2.05, 4.69) is 4.90 Å². The highest BCUT2D eigenvalue weighted by atomic mass is 35.5. The monoisotopic (exact) mass is 325 g/mol. The van der Waals surface area contributed by atoms with Crippen molar-refractivity contribution in [3.8, 4) is 0 Å². The van der Waals surface area contributed by atoms with Gasteiger partial charge in [-0.15, -0.1) is 0 Å². The van der Waals surface area contributed by atoms with Gasteiger partial charge in [0.1, 0.15) is 0 Å². The normalized spacial score (nSPS) is 17.6. The highest BCUT2D eigenvalue weighted by Crippen LogP contribution is 2.20. The molecule has 114 valence electrons. The number of hydrogen-bond acceptors (Lipinski definition) is 3. The molecule has 0 aliphatic carbocycles. The molecule has 0 radical (unpaired) electrons. The molecule has 1 amide bonds. The average molecular weight is 326 g/mol. The number of carbonyl (C=O) groups is 1. The van der Waals surface area contributed by atoms with Gasteiger partial charge < -0.3 is 10.6 Å². The van der Waals surface area contributed by atoms with Crippen molar-refractivity contribution in [1.29, 1.82) is 0 Å². The van der Waals surface area contributed by atoms with E-state index in [-0.39, 0.29) is 11.9 Å². The van der Waals surface area contributed by atoms with Gasteiger partial charge in [0.05, 0.1) is 21.6 Å². The van der Waals surface area contributed by atoms with Crippen LogP contribution in [0.1, 0.15) is 22.8 Å². The summed E-state index contributed by atoms with van der Waals surface area (Å²) >= 11 is 11.2. The molecule has 0 saturated carbocycles. The fourth-order valence-electron chi connectivity index (χ4n) is 2.46. The summed E-state index contributed by atoms with van der Waals surface area (Å²) in [6.45, 7) is 6.82. The maximum atomic E-state index is 12.5. The van der Waals surface area contributed by atoms with Crippen LogP contribution in [0.25, 0.3) is 0 Å². The van der Waals surface area contributed by atoms with E-state index >= 15 is 0 Å². The Kier molecular flexibility index (Phi) is 5.19. The highest BCUT2D eigenvalue weighted by molar-refractivity contribution is 7.80. The minimum Gasteiger partial charge on any atom is -0.392 e. The van der Waals surface area contributed by atoms with Gasteiger partial charge >= 0.3 is 0 Å². The summed E-state index contributed by atoms with van der Waals surface area (Å²) in [7, 11) is 0. The summed E-state index contributed by atoms with van der Waals surface area (Å²) in [4.78, 5) is 17.0. The van der Waals surface area contributed by atoms with E-state index in [0.717, 1.165) is 18.7 Å². The highest BCUT2D eigenvalue weighted by Gasteiger charge is 2.26. The Morgan fingerprint density at radius 3 is 2.48 bits per heavy atom. The van der Waals surface area contributed by atoms with Crippen LogP contribution in [0.5, 0.6) is 0 Å². The van der Waals surface area contributed by atoms with Crippen molar-refractivity contribution in [3.05, 3.63) is 34.3 Å². The van der Waals surface area contributed by atoms with Gasteiger partial charge in [0.15, 0.2) is 0 Å². The molecule has 4 nitrogen and oxygen atoms in total. The van der Waals surface area contributed by atoms with Gasteiger partial charge in [-0.1, -0.05) is 29.9 Å². The molecule has 1 saturated heterocycles. The van der Waals surface area contributed by atoms with Gasteiger partial charge in [-0.25, -0.2) is 0 Å². The summed E-state index contributed by atoms with van der Waals surface area (Å²) in [5, 5.41) is 0.513. The van der Waals surface area contributed by atoms with Gasteiger partial charge in [0.2, 0.25) is 0 Å². The summed E-state index contributed by atoms with van der Waals surface area (Å²) in [6.07, 6.45) is 0. The fraction of sp³-hybridized carbons (Fsp3) is 0.467. The Balaban J connectivity index is 2.02. The molecule has 0 bridgehead atoms. The third-order valence-electron chi connectivity index (χ3n) is 3.92. The third-order valence-corrected chi connectivity index (χ3v) is 4.57. The average Bonchev–Trinajstić information content (AvgIpc) is 2.46. The predicted octanol–water partition coefficient (Wildman–Crippen LogP) is 2.08. The van der Waals surface area contributed by atoms with Crippen LogP contribution >= 0.6 is 23.8 Å². The summed E-state index contributed by atoms with van der Waals surface area (Å²) in [5.74, 6) is -0.0115. The Morgan fingerprint density at radius 2 is 1.95 bits per heavy atom. The second-order valence-electron chi connectivity index (χ2n) is 5.39. The lowest BCUT2D eigenvalue weighted by molar-refractivity contribution is 0.0622. The van der Waals surface area contributed by atoms with Crippen LogP contribution in [0, 0.1) is 6.92 Å². The Labute approximate surface area is 135 Å². The minimum absolute atomic E-state index is 0.0115. The number of rotatable bonds is 3. The molecule has 1 fully saturated rings. The predicted molar refractivity (Wildman–Crippen MR) is 89.9 cm³/mol. The minimum atomic E-state index is -0.0115. The molecule has 1 aromatic carbocycles. The van der Waals surface area contributed by atoms with Gasteiger partial charge in [0, 0.05) is 26.2 Å². The first-order valence-corrected chi connectivity index (χ1v) is 7.77. The number of nitrogens with zero attached hydrogens (tertiary/aromatic N) is 2. The maximum absolute atomic E-state index is 12.5. The molecule has 1 unspecified atom stereocenters. The summed E-state index contributed by atoms with van der Waals surface area (Å²) < 4.78 is 0. The fourth-order valence-corrected chi connectivity index (χ4v) is 2.92. The number of piperazine rings is 1. The largest absolute Gasteiger partial charge is 0.392 e. The van der Waals surface area contributed by atoms with Crippen LogP contribution in [0.15, 0.2) is 18.2 Å². The van der Waals surface area contributed by atoms with Crippen molar-refractivity contribution in [2.24, 2.45) is 5.73 Å². The lowest BCUT2D eigenvalue weighted by Gasteiger charge is -2.37. The molecule has 1 aliphatic heterocycles. The van der Waals surface area contributed by atoms with E-state index in [1.54, 1.807) is 6.07 Å². The van der Waals surface area contributed by atoms with Crippen molar-refractivity contribution >= 4 is 34.7 Å². The van der Waals surface area contributed by atoms with E-state index in [1.807, 2.05) is 30.9 Å². The van der Waals surface area contributed by atoms with Gasteiger partial charge in [0.25, 0.3) is 5.91 Å². The Morgan fingerprint density at radius 1 is 1.33 bits per heavy atom. The SMILES string of the molecule is Cc1ccc(C(=O)N2CCN(C(C)C(N)=S)CC2)c(Cl)c1. The number of halogens is 1. The first kappa shape index (κ1) is 16.2. The lowest BCUT2D eigenvalue weighted by Crippen LogP contribution is -2.54. The third kappa shape index (κ3) is 3.73. The number of carbonyl (C=O) groups excluding carboxylic acids is 1. The maximum Gasteiger partial charge on any atom is 0.255 e. The van der Waals surface area contributed by atoms with Gasteiger partial charge in [-0.3, -0.25) is 9.69 Å². The molecule has 1 atom stereocenters. The van der Waals surface area contributed by atoms with E-state index in [4.69, 9.17) is 29.6 Å². The summed E-state index contributed by atoms with van der Waals surface area (Å²) in [5.41, 5.74) is 7.29. The van der Waals surface area contributed by atoms with Gasteiger partial charge in [-0.2, -0.15) is 0 Å². The van der Waals surface area contributed by atoms with Crippen LogP contribution in [0.3, 0.4) is 0 Å². The molecule has 21 heavy (non-hydrogen) atoms. The molecule has 1 heterocycles. The van der Waals surface area contributed by atoms with Gasteiger partial charge in [-0.05, 0) is 31.5 Å². The number of benzene rings is 1. The van der Waals surface area contributed by atoms with E-state index in [9.17, 15) is 4.79 Å². The lowest BCUT2D eigenvalue weighted by atomic mass is 10.1. The summed E-state index contributed by atoms with van der Waals surface area (Å²) in [6, 6.07) is 5.59. The first-order valence-electron chi connectivity index (χ1n) is 6.99. The van der Waals surface area contributed by atoms with Crippen molar-refractivity contribution < 1.29 is 4.79 Å².